The van der Waals surface area contributed by atoms with Gasteiger partial charge in [-0.25, -0.2) is 0 Å². The molecule has 4 nitrogen and oxygen atoms in total. The number of furan rings is 2. The number of hydrogen-bond donors (Lipinski definition) is 0. The highest BCUT2D eigenvalue weighted by Crippen LogP contribution is 2.52. The molecule has 2 aliphatic carbocycles. The molecule has 380 valence electrons. The third-order valence-corrected chi connectivity index (χ3v) is 17.7. The molecule has 80 heavy (non-hydrogen) atoms. The maximum absolute atomic E-state index is 6.80. The normalized spacial score (nSPS) is 13.7. The molecule has 16 rings (SSSR count). The maximum atomic E-state index is 6.80. The summed E-state index contributed by atoms with van der Waals surface area (Å²) in [5, 5.41) is 6.60. The van der Waals surface area contributed by atoms with E-state index in [1.165, 1.54) is 66.8 Å². The molecule has 0 N–H and O–H groups in total. The molecule has 0 unspecified atom stereocenters. The third kappa shape index (κ3) is 6.95. The first-order chi connectivity index (χ1) is 39.2. The minimum Gasteiger partial charge on any atom is -0.456 e. The highest BCUT2D eigenvalue weighted by atomic mass is 16.3. The molecule has 0 saturated carbocycles. The van der Waals surface area contributed by atoms with Crippen LogP contribution in [0.5, 0.6) is 0 Å². The Hall–Kier alpha value is -9.90. The molecular formula is C76H54N2O2. The van der Waals surface area contributed by atoms with Gasteiger partial charge >= 0.3 is 0 Å². The predicted molar refractivity (Wildman–Crippen MR) is 334 cm³/mol. The van der Waals surface area contributed by atoms with Crippen molar-refractivity contribution in [2.24, 2.45) is 0 Å². The van der Waals surface area contributed by atoms with Crippen molar-refractivity contribution in [2.45, 2.75) is 38.5 Å². The predicted octanol–water partition coefficient (Wildman–Crippen LogP) is 21.5. The average molecular weight is 1030 g/mol. The SMILES string of the molecule is CC1(C)c2ccccc2-c2ccc(-c3ccc(N(c4ccccc4)c4ccc5c(c4)oc4ccc6c(ccc7oc8cc(N(c9ccccc9)c9ccc(-c%10ccc%11c(c%10)C(C)(C)c%10ccccc%10-%11)cc9)ccc8c76)c45)cc3)cc21. The van der Waals surface area contributed by atoms with Crippen molar-refractivity contribution in [3.63, 3.8) is 0 Å². The fraction of sp³-hybridized carbons (Fsp3) is 0.0789. The van der Waals surface area contributed by atoms with E-state index in [4.69, 9.17) is 8.83 Å². The first-order valence-corrected chi connectivity index (χ1v) is 27.8. The van der Waals surface area contributed by atoms with Gasteiger partial charge in [0.25, 0.3) is 0 Å². The lowest BCUT2D eigenvalue weighted by Crippen LogP contribution is -2.14. The Balaban J connectivity index is 0.735. The zero-order valence-electron chi connectivity index (χ0n) is 45.0. The van der Waals surface area contributed by atoms with Crippen LogP contribution in [0.15, 0.2) is 264 Å². The van der Waals surface area contributed by atoms with E-state index in [0.717, 1.165) is 88.8 Å². The van der Waals surface area contributed by atoms with Crippen LogP contribution in [-0.2, 0) is 10.8 Å². The van der Waals surface area contributed by atoms with E-state index in [-0.39, 0.29) is 10.8 Å². The largest absolute Gasteiger partial charge is 0.456 e. The van der Waals surface area contributed by atoms with Crippen LogP contribution in [0.1, 0.15) is 49.9 Å². The number of fused-ring (bicyclic) bond motifs is 15. The van der Waals surface area contributed by atoms with E-state index in [1.54, 1.807) is 0 Å². The Morgan fingerprint density at radius 1 is 0.250 bits per heavy atom. The summed E-state index contributed by atoms with van der Waals surface area (Å²) in [4.78, 5) is 4.63. The Morgan fingerprint density at radius 2 is 0.588 bits per heavy atom. The van der Waals surface area contributed by atoms with E-state index in [0.29, 0.717) is 0 Å². The van der Waals surface area contributed by atoms with Gasteiger partial charge in [0, 0.05) is 78.6 Å². The van der Waals surface area contributed by atoms with E-state index in [9.17, 15) is 0 Å². The summed E-state index contributed by atoms with van der Waals surface area (Å²) in [6, 6.07) is 92.7. The summed E-state index contributed by atoms with van der Waals surface area (Å²) >= 11 is 0. The van der Waals surface area contributed by atoms with Crippen LogP contribution in [0.25, 0.3) is 99.2 Å². The molecule has 0 radical (unpaired) electrons. The highest BCUT2D eigenvalue weighted by molar-refractivity contribution is 6.27. The quantitative estimate of drug-likeness (QED) is 0.152. The molecule has 0 atom stereocenters. The minimum atomic E-state index is -0.0580. The van der Waals surface area contributed by atoms with Crippen molar-refractivity contribution < 1.29 is 8.83 Å². The molecule has 0 bridgehead atoms. The van der Waals surface area contributed by atoms with E-state index in [1.807, 2.05) is 0 Å². The summed E-state index contributed by atoms with van der Waals surface area (Å²) in [6.07, 6.45) is 0. The van der Waals surface area contributed by atoms with E-state index in [2.05, 4.69) is 292 Å². The van der Waals surface area contributed by atoms with Crippen molar-refractivity contribution in [3.8, 4) is 44.5 Å². The van der Waals surface area contributed by atoms with Gasteiger partial charge in [-0.1, -0.05) is 161 Å². The van der Waals surface area contributed by atoms with Gasteiger partial charge in [-0.3, -0.25) is 0 Å². The van der Waals surface area contributed by atoms with Crippen LogP contribution in [0, 0.1) is 0 Å². The molecule has 2 heterocycles. The fourth-order valence-electron chi connectivity index (χ4n) is 13.6. The molecular weight excluding hydrogens is 973 g/mol. The molecule has 0 amide bonds. The van der Waals surface area contributed by atoms with Crippen LogP contribution < -0.4 is 9.80 Å². The van der Waals surface area contributed by atoms with Gasteiger partial charge in [0.15, 0.2) is 0 Å². The summed E-state index contributed by atoms with van der Waals surface area (Å²) < 4.78 is 13.6. The topological polar surface area (TPSA) is 32.8 Å². The van der Waals surface area contributed by atoms with Crippen LogP contribution in [0.4, 0.5) is 34.1 Å². The van der Waals surface area contributed by atoms with Crippen LogP contribution in [0.3, 0.4) is 0 Å². The standard InChI is InChI=1S/C76H54N2O2/c1-75(2)65-21-13-11-19-57(65)59-35-27-49(43-67(59)75)47-23-29-53(30-24-47)77(51-15-7-5-8-16-51)55-33-37-63-71(45-55)79-69-41-39-62-61(73(63)69)40-42-70-74(62)64-38-34-56(46-72(64)80-70)78(52-17-9-6-10-18-52)54-31-25-48(26-32-54)50-28-36-60-58-20-12-14-22-66(58)76(3,4)68(60)44-50/h5-46H,1-4H3. The maximum Gasteiger partial charge on any atom is 0.137 e. The Kier molecular flexibility index (Phi) is 9.99. The van der Waals surface area contributed by atoms with Crippen molar-refractivity contribution in [1.29, 1.82) is 0 Å². The minimum absolute atomic E-state index is 0.0580. The highest BCUT2D eigenvalue weighted by Gasteiger charge is 2.36. The van der Waals surface area contributed by atoms with Crippen LogP contribution in [-0.4, -0.2) is 0 Å². The molecule has 2 aromatic heterocycles. The summed E-state index contributed by atoms with van der Waals surface area (Å²) in [5.41, 5.74) is 25.3. The Morgan fingerprint density at radius 3 is 1.01 bits per heavy atom. The number of benzene rings is 12. The number of anilines is 6. The monoisotopic (exact) mass is 1030 g/mol. The van der Waals surface area contributed by atoms with Gasteiger partial charge in [0.1, 0.15) is 22.3 Å². The smallest absolute Gasteiger partial charge is 0.137 e. The van der Waals surface area contributed by atoms with Crippen molar-refractivity contribution >= 4 is 88.8 Å². The lowest BCUT2D eigenvalue weighted by Gasteiger charge is -2.25. The van der Waals surface area contributed by atoms with Crippen molar-refractivity contribution in [2.75, 3.05) is 9.80 Å². The van der Waals surface area contributed by atoms with Gasteiger partial charge in [-0.15, -0.1) is 0 Å². The van der Waals surface area contributed by atoms with Gasteiger partial charge in [-0.2, -0.15) is 0 Å². The number of hydrogen-bond acceptors (Lipinski definition) is 4. The molecule has 2 aliphatic rings. The number of rotatable bonds is 8. The lowest BCUT2D eigenvalue weighted by molar-refractivity contribution is 0.660. The number of para-hydroxylation sites is 2. The molecule has 0 spiro atoms. The fourth-order valence-corrected chi connectivity index (χ4v) is 13.6. The molecule has 4 heteroatoms. The van der Waals surface area contributed by atoms with Crippen LogP contribution >= 0.6 is 0 Å². The molecule has 12 aromatic carbocycles. The second-order valence-corrected chi connectivity index (χ2v) is 22.8. The molecule has 0 fully saturated rings. The second-order valence-electron chi connectivity index (χ2n) is 22.8. The molecule has 0 aliphatic heterocycles. The zero-order chi connectivity index (χ0) is 53.4. The average Bonchev–Trinajstić information content (AvgIpc) is 4.38. The Bertz CT molecular complexity index is 4510. The van der Waals surface area contributed by atoms with Gasteiger partial charge < -0.3 is 18.6 Å². The Labute approximate surface area is 465 Å². The van der Waals surface area contributed by atoms with Crippen LogP contribution in [0.2, 0.25) is 0 Å². The van der Waals surface area contributed by atoms with Crippen molar-refractivity contribution in [3.05, 3.63) is 277 Å². The summed E-state index contributed by atoms with van der Waals surface area (Å²) in [7, 11) is 0. The zero-order valence-corrected chi connectivity index (χ0v) is 45.0. The molecule has 14 aromatic rings. The van der Waals surface area contributed by atoms with Crippen molar-refractivity contribution in [1.82, 2.24) is 0 Å². The first-order valence-electron chi connectivity index (χ1n) is 27.8. The number of nitrogens with zero attached hydrogens (tertiary/aromatic N) is 2. The summed E-state index contributed by atoms with van der Waals surface area (Å²) in [5.74, 6) is 0. The van der Waals surface area contributed by atoms with Gasteiger partial charge in [0.2, 0.25) is 0 Å². The van der Waals surface area contributed by atoms with E-state index < -0.39 is 0 Å². The summed E-state index contributed by atoms with van der Waals surface area (Å²) in [6.45, 7) is 9.37. The van der Waals surface area contributed by atoms with Gasteiger partial charge in [0.05, 0.1) is 0 Å². The first kappa shape index (κ1) is 46.2. The lowest BCUT2D eigenvalue weighted by atomic mass is 9.81. The second kappa shape index (κ2) is 17.3. The van der Waals surface area contributed by atoms with Gasteiger partial charge in [-0.05, 0) is 187 Å². The van der Waals surface area contributed by atoms with E-state index >= 15 is 0 Å². The third-order valence-electron chi connectivity index (χ3n) is 17.7. The molecule has 0 saturated heterocycles.